The van der Waals surface area contributed by atoms with E-state index in [1.165, 1.54) is 6.07 Å². The van der Waals surface area contributed by atoms with Gasteiger partial charge < -0.3 is 12.2 Å². The fourth-order valence-corrected chi connectivity index (χ4v) is 1.27. The van der Waals surface area contributed by atoms with Gasteiger partial charge >= 0.3 is 0 Å². The van der Waals surface area contributed by atoms with Gasteiger partial charge in [0.05, 0.1) is 0 Å². The minimum absolute atomic E-state index is 0. The van der Waals surface area contributed by atoms with Gasteiger partial charge in [-0.1, -0.05) is 18.2 Å². The van der Waals surface area contributed by atoms with Crippen LogP contribution in [0.4, 0.5) is 4.39 Å². The van der Waals surface area contributed by atoms with E-state index in [0.29, 0.717) is 31.4 Å². The summed E-state index contributed by atoms with van der Waals surface area (Å²) in [6.07, 6.45) is 1.43. The number of benzene rings is 1. The van der Waals surface area contributed by atoms with Gasteiger partial charge in [-0.15, -0.1) is 0 Å². The van der Waals surface area contributed by atoms with Crippen LogP contribution in [0.2, 0.25) is 0 Å². The fourth-order valence-electron chi connectivity index (χ4n) is 1.27. The molecular weight excluding hydrogens is 282 g/mol. The van der Waals surface area contributed by atoms with Crippen LogP contribution in [0.15, 0.2) is 24.3 Å². The minimum Gasteiger partial charge on any atom is -0.359 e. The van der Waals surface area contributed by atoms with Crippen LogP contribution in [0, 0.1) is 12.7 Å². The Kier molecular flexibility index (Phi) is 8.68. The van der Waals surface area contributed by atoms with Crippen LogP contribution >= 0.6 is 0 Å². The molecule has 0 saturated heterocycles. The maximum absolute atomic E-state index is 13.2. The van der Waals surface area contributed by atoms with Crippen LogP contribution in [-0.4, -0.2) is 12.5 Å². The van der Waals surface area contributed by atoms with Crippen LogP contribution in [0.25, 0.3) is 0 Å². The minimum atomic E-state index is -0.248. The van der Waals surface area contributed by atoms with Gasteiger partial charge in [0.15, 0.2) is 0 Å². The molecule has 0 aliphatic heterocycles. The van der Waals surface area contributed by atoms with Crippen molar-refractivity contribution in [2.45, 2.75) is 19.3 Å². The van der Waals surface area contributed by atoms with E-state index >= 15 is 0 Å². The number of hydrogen-bond acceptors (Lipinski definition) is 1. The molecule has 0 heterocycles. The number of aryl methyl sites for hydroxylation is 1. The average molecular weight is 297 g/mol. The summed E-state index contributed by atoms with van der Waals surface area (Å²) >= 11 is 0. The van der Waals surface area contributed by atoms with Crippen molar-refractivity contribution in [3.8, 4) is 0 Å². The number of amides is 1. The Morgan fingerprint density at radius 3 is 2.69 bits per heavy atom. The molecule has 0 aromatic heterocycles. The summed E-state index contributed by atoms with van der Waals surface area (Å²) in [5.74, 6) is -0.302. The van der Waals surface area contributed by atoms with Crippen molar-refractivity contribution in [1.29, 1.82) is 0 Å². The topological polar surface area (TPSA) is 29.1 Å². The zero-order valence-electron chi connectivity index (χ0n) is 9.21. The van der Waals surface area contributed by atoms with Gasteiger partial charge in [-0.25, -0.2) is 4.39 Å². The molecule has 1 amide bonds. The van der Waals surface area contributed by atoms with Gasteiger partial charge in [-0.05, 0) is 24.6 Å². The zero-order chi connectivity index (χ0) is 11.1. The average Bonchev–Trinajstić information content (AvgIpc) is 2.25. The molecule has 1 aromatic carbocycles. The molecule has 0 spiro atoms. The molecule has 0 fully saturated rings. The van der Waals surface area contributed by atoms with E-state index < -0.39 is 0 Å². The summed E-state index contributed by atoms with van der Waals surface area (Å²) in [5.41, 5.74) is 0.585. The first-order valence-electron chi connectivity index (χ1n) is 5.03. The molecule has 1 N–H and O–H groups in total. The van der Waals surface area contributed by atoms with Crippen molar-refractivity contribution in [2.75, 3.05) is 6.54 Å². The van der Waals surface area contributed by atoms with E-state index in [2.05, 4.69) is 12.2 Å². The molecule has 0 aliphatic rings. The summed E-state index contributed by atoms with van der Waals surface area (Å²) in [4.78, 5) is 11.2. The third kappa shape index (κ3) is 5.71. The second kappa shape index (κ2) is 8.83. The number of nitrogens with one attached hydrogen (secondary N) is 1. The number of hydrogen-bond donors (Lipinski definition) is 1. The van der Waals surface area contributed by atoms with Crippen molar-refractivity contribution in [2.24, 2.45) is 0 Å². The first-order valence-corrected chi connectivity index (χ1v) is 5.03. The molecule has 85 valence electrons. The molecule has 16 heavy (non-hydrogen) atoms. The zero-order valence-corrected chi connectivity index (χ0v) is 12.0. The van der Waals surface area contributed by atoms with Crippen molar-refractivity contribution in [3.63, 3.8) is 0 Å². The Morgan fingerprint density at radius 2 is 2.06 bits per heavy atom. The third-order valence-corrected chi connectivity index (χ3v) is 2.08. The van der Waals surface area contributed by atoms with Crippen LogP contribution in [0.1, 0.15) is 18.4 Å². The Morgan fingerprint density at radius 1 is 1.38 bits per heavy atom. The van der Waals surface area contributed by atoms with Crippen molar-refractivity contribution >= 4 is 5.91 Å². The number of rotatable bonds is 5. The molecule has 0 saturated carbocycles. The third-order valence-electron chi connectivity index (χ3n) is 2.08. The van der Waals surface area contributed by atoms with Gasteiger partial charge in [-0.3, -0.25) is 4.79 Å². The Labute approximate surface area is 121 Å². The maximum atomic E-state index is 13.2. The molecule has 1 rings (SSSR count). The molecule has 2 nitrogen and oxygen atoms in total. The quantitative estimate of drug-likeness (QED) is 0.829. The predicted molar refractivity (Wildman–Crippen MR) is 57.7 cm³/mol. The van der Waals surface area contributed by atoms with Gasteiger partial charge in [-0.2, -0.15) is 6.42 Å². The molecule has 0 bridgehead atoms. The van der Waals surface area contributed by atoms with E-state index in [0.717, 1.165) is 0 Å². The number of halogens is 1. The molecule has 4 heteroatoms. The number of carbonyl (C=O) groups is 1. The molecule has 1 radical (unpaired) electrons. The summed E-state index contributed by atoms with van der Waals surface area (Å²) < 4.78 is 13.2. The van der Waals surface area contributed by atoms with Crippen molar-refractivity contribution in [1.82, 2.24) is 5.32 Å². The van der Waals surface area contributed by atoms with Gasteiger partial charge in [0.25, 0.3) is 0 Å². The fraction of sp³-hybridized carbons (Fsp3) is 0.333. The van der Waals surface area contributed by atoms with Gasteiger partial charge in [0.1, 0.15) is 5.82 Å². The predicted octanol–water partition coefficient (Wildman–Crippen LogP) is 2.10. The van der Waals surface area contributed by atoms with Crippen molar-refractivity contribution < 1.29 is 41.9 Å². The smallest absolute Gasteiger partial charge is 0.220 e. The summed E-state index contributed by atoms with van der Waals surface area (Å²) in [6, 6.07) is 6.52. The first kappa shape index (κ1) is 15.7. The first-order chi connectivity index (χ1) is 7.24. The largest absolute Gasteiger partial charge is 0.359 e. The van der Waals surface area contributed by atoms with Gasteiger partial charge in [0.2, 0.25) is 5.91 Å². The van der Waals surface area contributed by atoms with E-state index in [-0.39, 0.29) is 44.4 Å². The van der Waals surface area contributed by atoms with Crippen molar-refractivity contribution in [3.05, 3.63) is 42.6 Å². The van der Waals surface area contributed by atoms with E-state index in [9.17, 15) is 9.18 Å². The molecule has 0 aliphatic carbocycles. The molecule has 0 unspecified atom stereocenters. The molecule has 1 aromatic rings. The van der Waals surface area contributed by atoms with Crippen LogP contribution in [-0.2, 0) is 43.9 Å². The van der Waals surface area contributed by atoms with E-state index in [1.807, 2.05) is 0 Å². The second-order valence-corrected chi connectivity index (χ2v) is 3.29. The SMILES string of the molecule is [CH2-]CCNC(=O)CCc1ccccc1F.[Y]. The summed E-state index contributed by atoms with van der Waals surface area (Å²) in [5, 5.41) is 2.70. The second-order valence-electron chi connectivity index (χ2n) is 3.29. The van der Waals surface area contributed by atoms with Crippen LogP contribution in [0.5, 0.6) is 0 Å². The van der Waals surface area contributed by atoms with E-state index in [4.69, 9.17) is 0 Å². The summed E-state index contributed by atoms with van der Waals surface area (Å²) in [7, 11) is 0. The standard InChI is InChI=1S/C12H15FNO.Y/c1-2-9-14-12(15)8-7-10-5-3-4-6-11(10)13;/h3-6H,1-2,7-9H2,(H,14,15);/q-1;. The maximum Gasteiger partial charge on any atom is 0.220 e. The monoisotopic (exact) mass is 297 g/mol. The Balaban J connectivity index is 0.00000225. The Hall–Kier alpha value is -0.276. The van der Waals surface area contributed by atoms with Crippen LogP contribution in [0.3, 0.4) is 0 Å². The molecule has 0 atom stereocenters. The molecular formula is C12H15FNOY-. The Bertz CT molecular complexity index is 331. The normalized spacial score (nSPS) is 9.38. The van der Waals surface area contributed by atoms with E-state index in [1.54, 1.807) is 18.2 Å². The van der Waals surface area contributed by atoms with Gasteiger partial charge in [0, 0.05) is 39.1 Å². The number of carbonyl (C=O) groups excluding carboxylic acids is 1. The van der Waals surface area contributed by atoms with Crippen LogP contribution < -0.4 is 5.32 Å². The summed E-state index contributed by atoms with van der Waals surface area (Å²) in [6.45, 7) is 4.19.